The van der Waals surface area contributed by atoms with Gasteiger partial charge in [-0.15, -0.1) is 0 Å². The fourth-order valence-corrected chi connectivity index (χ4v) is 2.02. The van der Waals surface area contributed by atoms with Crippen LogP contribution in [0.2, 0.25) is 0 Å². The molecule has 86 valence electrons. The fraction of sp³-hybridized carbons (Fsp3) is 0. The van der Waals surface area contributed by atoms with E-state index in [4.69, 9.17) is 0 Å². The smallest absolute Gasteiger partial charge is 0.142 e. The van der Waals surface area contributed by atoms with E-state index in [-0.39, 0.29) is 0 Å². The average molecular weight is 237 g/mol. The van der Waals surface area contributed by atoms with Crippen molar-refractivity contribution in [3.05, 3.63) is 54.1 Å². The van der Waals surface area contributed by atoms with Gasteiger partial charge in [0.1, 0.15) is 11.9 Å². The molecule has 1 N–H and O–H groups in total. The molecule has 0 bridgehead atoms. The lowest BCUT2D eigenvalue weighted by atomic mass is 10.1. The number of aromatic nitrogens is 2. The van der Waals surface area contributed by atoms with Crippen molar-refractivity contribution in [3.63, 3.8) is 0 Å². The van der Waals surface area contributed by atoms with Crippen LogP contribution in [0.15, 0.2) is 42.7 Å². The third-order valence-corrected chi connectivity index (χ3v) is 2.81. The lowest BCUT2D eigenvalue weighted by molar-refractivity contribution is 0.622. The second-order valence-electron chi connectivity index (χ2n) is 3.92. The van der Waals surface area contributed by atoms with Gasteiger partial charge in [0.2, 0.25) is 0 Å². The van der Waals surface area contributed by atoms with Gasteiger partial charge in [-0.2, -0.15) is 5.26 Å². The van der Waals surface area contributed by atoms with Crippen LogP contribution in [0.5, 0.6) is 0 Å². The maximum absolute atomic E-state index is 13.2. The van der Waals surface area contributed by atoms with Gasteiger partial charge < -0.3 is 4.98 Å². The Morgan fingerprint density at radius 1 is 1.22 bits per heavy atom. The molecule has 0 spiro atoms. The number of nitriles is 1. The van der Waals surface area contributed by atoms with Crippen molar-refractivity contribution in [2.45, 2.75) is 0 Å². The molecule has 3 rings (SSSR count). The zero-order chi connectivity index (χ0) is 12.5. The summed E-state index contributed by atoms with van der Waals surface area (Å²) < 4.78 is 13.2. The van der Waals surface area contributed by atoms with E-state index in [1.807, 2.05) is 24.3 Å². The third kappa shape index (κ3) is 1.54. The Morgan fingerprint density at radius 3 is 2.83 bits per heavy atom. The first-order chi connectivity index (χ1) is 8.79. The van der Waals surface area contributed by atoms with Crippen LogP contribution < -0.4 is 0 Å². The van der Waals surface area contributed by atoms with Crippen LogP contribution in [0.1, 0.15) is 5.56 Å². The number of aromatic amines is 1. The predicted molar refractivity (Wildman–Crippen MR) is 66.2 cm³/mol. The first-order valence-corrected chi connectivity index (χ1v) is 5.41. The summed E-state index contributed by atoms with van der Waals surface area (Å²) in [5.41, 5.74) is 2.54. The van der Waals surface area contributed by atoms with E-state index in [0.717, 1.165) is 17.1 Å². The van der Waals surface area contributed by atoms with Gasteiger partial charge in [0.15, 0.2) is 0 Å². The highest BCUT2D eigenvalue weighted by atomic mass is 19.1. The fourth-order valence-electron chi connectivity index (χ4n) is 2.02. The first kappa shape index (κ1) is 10.5. The molecule has 0 radical (unpaired) electrons. The van der Waals surface area contributed by atoms with E-state index in [0.29, 0.717) is 16.8 Å². The number of rotatable bonds is 1. The molecule has 18 heavy (non-hydrogen) atoms. The summed E-state index contributed by atoms with van der Waals surface area (Å²) in [4.78, 5) is 6.93. The quantitative estimate of drug-likeness (QED) is 0.706. The van der Waals surface area contributed by atoms with Crippen molar-refractivity contribution in [2.75, 3.05) is 0 Å². The number of hydrogen-bond acceptors (Lipinski definition) is 2. The van der Waals surface area contributed by atoms with Gasteiger partial charge in [-0.05, 0) is 12.1 Å². The minimum Gasteiger partial charge on any atom is -0.353 e. The molecule has 2 heterocycles. The molecular weight excluding hydrogens is 229 g/mol. The van der Waals surface area contributed by atoms with Gasteiger partial charge in [0.25, 0.3) is 0 Å². The standard InChI is InChI=1S/C14H8FN3/c15-10-5-9(7-17-8-10)14-12(6-16)11-3-1-2-4-13(11)18-14/h1-5,7-8,18H. The normalized spacial score (nSPS) is 10.4. The Labute approximate surface area is 103 Å². The highest BCUT2D eigenvalue weighted by Gasteiger charge is 2.12. The molecular formula is C14H8FN3. The first-order valence-electron chi connectivity index (χ1n) is 5.41. The number of nitrogens with one attached hydrogen (secondary N) is 1. The van der Waals surface area contributed by atoms with Gasteiger partial charge in [-0.1, -0.05) is 18.2 Å². The molecule has 2 aromatic heterocycles. The molecule has 0 atom stereocenters. The van der Waals surface area contributed by atoms with Crippen molar-refractivity contribution < 1.29 is 4.39 Å². The molecule has 0 amide bonds. The number of hydrogen-bond donors (Lipinski definition) is 1. The molecule has 3 nitrogen and oxygen atoms in total. The maximum atomic E-state index is 13.2. The van der Waals surface area contributed by atoms with E-state index in [1.165, 1.54) is 12.3 Å². The lowest BCUT2D eigenvalue weighted by Gasteiger charge is -1.98. The molecule has 0 saturated heterocycles. The summed E-state index contributed by atoms with van der Waals surface area (Å²) in [5.74, 6) is -0.421. The van der Waals surface area contributed by atoms with Crippen LogP contribution in [-0.4, -0.2) is 9.97 Å². The topological polar surface area (TPSA) is 52.5 Å². The molecule has 0 fully saturated rings. The molecule has 0 unspecified atom stereocenters. The monoisotopic (exact) mass is 237 g/mol. The Bertz CT molecular complexity index is 768. The second kappa shape index (κ2) is 3.97. The zero-order valence-electron chi connectivity index (χ0n) is 9.31. The summed E-state index contributed by atoms with van der Waals surface area (Å²) in [6.07, 6.45) is 2.67. The lowest BCUT2D eigenvalue weighted by Crippen LogP contribution is -1.85. The zero-order valence-corrected chi connectivity index (χ0v) is 9.31. The van der Waals surface area contributed by atoms with E-state index < -0.39 is 5.82 Å². The molecule has 0 aliphatic carbocycles. The van der Waals surface area contributed by atoms with E-state index in [9.17, 15) is 9.65 Å². The van der Waals surface area contributed by atoms with Gasteiger partial charge in [0.05, 0.1) is 17.5 Å². The molecule has 1 aromatic carbocycles. The number of nitrogens with zero attached hydrogens (tertiary/aromatic N) is 2. The van der Waals surface area contributed by atoms with Crippen molar-refractivity contribution in [2.24, 2.45) is 0 Å². The highest BCUT2D eigenvalue weighted by molar-refractivity contribution is 5.93. The molecule has 0 saturated carbocycles. The van der Waals surface area contributed by atoms with Crippen LogP contribution in [0.4, 0.5) is 4.39 Å². The van der Waals surface area contributed by atoms with Crippen molar-refractivity contribution in [3.8, 4) is 17.3 Å². The minimum atomic E-state index is -0.421. The number of benzene rings is 1. The van der Waals surface area contributed by atoms with Crippen molar-refractivity contribution >= 4 is 10.9 Å². The molecule has 3 aromatic rings. The van der Waals surface area contributed by atoms with E-state index >= 15 is 0 Å². The summed E-state index contributed by atoms with van der Waals surface area (Å²) >= 11 is 0. The van der Waals surface area contributed by atoms with Crippen LogP contribution in [0, 0.1) is 17.1 Å². The van der Waals surface area contributed by atoms with Crippen LogP contribution >= 0.6 is 0 Å². The van der Waals surface area contributed by atoms with Gasteiger partial charge in [-0.25, -0.2) is 4.39 Å². The molecule has 0 aliphatic heterocycles. The highest BCUT2D eigenvalue weighted by Crippen LogP contribution is 2.29. The summed E-state index contributed by atoms with van der Waals surface area (Å²) in [6.45, 7) is 0. The number of fused-ring (bicyclic) bond motifs is 1. The summed E-state index contributed by atoms with van der Waals surface area (Å²) in [5, 5.41) is 10.1. The van der Waals surface area contributed by atoms with E-state index in [2.05, 4.69) is 16.0 Å². The largest absolute Gasteiger partial charge is 0.353 e. The van der Waals surface area contributed by atoms with Crippen LogP contribution in [0.3, 0.4) is 0 Å². The third-order valence-electron chi connectivity index (χ3n) is 2.81. The molecule has 4 heteroatoms. The number of para-hydroxylation sites is 1. The van der Waals surface area contributed by atoms with E-state index in [1.54, 1.807) is 0 Å². The SMILES string of the molecule is N#Cc1c(-c2cncc(F)c2)[nH]c2ccccc12. The summed E-state index contributed by atoms with van der Waals surface area (Å²) in [6, 6.07) is 11.0. The summed E-state index contributed by atoms with van der Waals surface area (Å²) in [7, 11) is 0. The predicted octanol–water partition coefficient (Wildman–Crippen LogP) is 3.24. The second-order valence-corrected chi connectivity index (χ2v) is 3.92. The Balaban J connectivity index is 2.33. The number of H-pyrrole nitrogens is 1. The minimum absolute atomic E-state index is 0.421. The van der Waals surface area contributed by atoms with Gasteiger partial charge >= 0.3 is 0 Å². The van der Waals surface area contributed by atoms with Gasteiger partial charge in [-0.3, -0.25) is 4.98 Å². The Morgan fingerprint density at radius 2 is 2.06 bits per heavy atom. The molecule has 0 aliphatic rings. The van der Waals surface area contributed by atoms with Crippen LogP contribution in [-0.2, 0) is 0 Å². The van der Waals surface area contributed by atoms with Crippen molar-refractivity contribution in [1.29, 1.82) is 5.26 Å². The van der Waals surface area contributed by atoms with Gasteiger partial charge in [0, 0.05) is 22.7 Å². The Kier molecular flexibility index (Phi) is 2.31. The number of pyridine rings is 1. The number of halogens is 1. The Hall–Kier alpha value is -2.67. The van der Waals surface area contributed by atoms with Crippen LogP contribution in [0.25, 0.3) is 22.2 Å². The average Bonchev–Trinajstić information content (AvgIpc) is 2.77. The van der Waals surface area contributed by atoms with Crippen molar-refractivity contribution in [1.82, 2.24) is 9.97 Å². The maximum Gasteiger partial charge on any atom is 0.142 e.